The summed E-state index contributed by atoms with van der Waals surface area (Å²) in [4.78, 5) is 0. The first-order valence-electron chi connectivity index (χ1n) is 8.60. The second-order valence-corrected chi connectivity index (χ2v) is 7.25. The van der Waals surface area contributed by atoms with E-state index in [1.54, 1.807) is 0 Å². The quantitative estimate of drug-likeness (QED) is 0.706. The molecular weight excluding hydrogens is 218 g/mol. The fourth-order valence-corrected chi connectivity index (χ4v) is 4.13. The van der Waals surface area contributed by atoms with Crippen molar-refractivity contribution in [2.45, 2.75) is 77.2 Å². The first kappa shape index (κ1) is 13.0. The molecule has 3 saturated carbocycles. The zero-order valence-corrected chi connectivity index (χ0v) is 12.2. The maximum absolute atomic E-state index is 3.93. The van der Waals surface area contributed by atoms with Crippen molar-refractivity contribution in [2.24, 2.45) is 23.7 Å². The van der Waals surface area contributed by atoms with Gasteiger partial charge >= 0.3 is 0 Å². The van der Waals surface area contributed by atoms with E-state index in [4.69, 9.17) is 0 Å². The lowest BCUT2D eigenvalue weighted by Gasteiger charge is -2.30. The molecule has 0 radical (unpaired) electrons. The molecule has 0 aliphatic heterocycles. The minimum Gasteiger partial charge on any atom is -0.314 e. The molecule has 1 N–H and O–H groups in total. The predicted molar refractivity (Wildman–Crippen MR) is 77.6 cm³/mol. The van der Waals surface area contributed by atoms with Crippen LogP contribution in [0.3, 0.4) is 0 Å². The van der Waals surface area contributed by atoms with Gasteiger partial charge in [-0.25, -0.2) is 0 Å². The predicted octanol–water partition coefficient (Wildman–Crippen LogP) is 4.37. The Balaban J connectivity index is 1.36. The van der Waals surface area contributed by atoms with Crippen molar-refractivity contribution in [3.05, 3.63) is 0 Å². The van der Waals surface area contributed by atoms with Crippen LogP contribution in [0, 0.1) is 23.7 Å². The normalized spacial score (nSPS) is 33.0. The molecule has 0 aromatic heterocycles. The Morgan fingerprint density at radius 3 is 2.00 bits per heavy atom. The van der Waals surface area contributed by atoms with Gasteiger partial charge in [0.25, 0.3) is 0 Å². The van der Waals surface area contributed by atoms with Gasteiger partial charge in [-0.05, 0) is 81.6 Å². The monoisotopic (exact) mass is 249 g/mol. The Labute approximate surface area is 113 Å². The van der Waals surface area contributed by atoms with E-state index < -0.39 is 0 Å². The molecule has 0 aromatic carbocycles. The Bertz CT molecular complexity index is 234. The van der Waals surface area contributed by atoms with Crippen LogP contribution in [0.25, 0.3) is 0 Å². The van der Waals surface area contributed by atoms with E-state index in [0.717, 1.165) is 29.7 Å². The van der Waals surface area contributed by atoms with Crippen LogP contribution < -0.4 is 5.32 Å². The molecule has 3 aliphatic carbocycles. The Hall–Kier alpha value is -0.0400. The van der Waals surface area contributed by atoms with E-state index in [1.165, 1.54) is 70.8 Å². The third-order valence-electron chi connectivity index (χ3n) is 5.64. The summed E-state index contributed by atoms with van der Waals surface area (Å²) >= 11 is 0. The molecule has 0 heterocycles. The lowest BCUT2D eigenvalue weighted by molar-refractivity contribution is 0.259. The van der Waals surface area contributed by atoms with Crippen molar-refractivity contribution < 1.29 is 0 Å². The number of hydrogen-bond donors (Lipinski definition) is 1. The second kappa shape index (κ2) is 5.94. The molecule has 1 nitrogen and oxygen atoms in total. The highest BCUT2D eigenvalue weighted by molar-refractivity contribution is 4.93. The van der Waals surface area contributed by atoms with Crippen LogP contribution in [-0.2, 0) is 0 Å². The number of rotatable bonds is 7. The summed E-state index contributed by atoms with van der Waals surface area (Å²) in [5.74, 6) is 4.33. The summed E-state index contributed by atoms with van der Waals surface area (Å²) in [6.45, 7) is 3.68. The third-order valence-corrected chi connectivity index (χ3v) is 5.64. The molecule has 104 valence electrons. The van der Waals surface area contributed by atoms with Gasteiger partial charge in [0.1, 0.15) is 0 Å². The fraction of sp³-hybridized carbons (Fsp3) is 1.00. The Kier molecular flexibility index (Phi) is 4.28. The maximum atomic E-state index is 3.93. The molecule has 0 bridgehead atoms. The summed E-state index contributed by atoms with van der Waals surface area (Å²) in [5.41, 5.74) is 0. The van der Waals surface area contributed by atoms with Gasteiger partial charge in [0.2, 0.25) is 0 Å². The topological polar surface area (TPSA) is 12.0 Å². The molecule has 0 unspecified atom stereocenters. The van der Waals surface area contributed by atoms with Crippen molar-refractivity contribution in [1.82, 2.24) is 5.32 Å². The van der Waals surface area contributed by atoms with Gasteiger partial charge in [-0.2, -0.15) is 0 Å². The lowest BCUT2D eigenvalue weighted by atomic mass is 9.83. The van der Waals surface area contributed by atoms with E-state index in [1.807, 2.05) is 0 Å². The van der Waals surface area contributed by atoms with Gasteiger partial charge in [0, 0.05) is 6.04 Å². The van der Waals surface area contributed by atoms with Crippen molar-refractivity contribution in [1.29, 1.82) is 0 Å². The van der Waals surface area contributed by atoms with Crippen molar-refractivity contribution >= 4 is 0 Å². The van der Waals surface area contributed by atoms with Crippen molar-refractivity contribution in [2.75, 3.05) is 6.54 Å². The van der Waals surface area contributed by atoms with Crippen LogP contribution in [0.2, 0.25) is 0 Å². The summed E-state index contributed by atoms with van der Waals surface area (Å²) in [6.07, 6.45) is 14.9. The zero-order valence-electron chi connectivity index (χ0n) is 12.2. The first-order valence-corrected chi connectivity index (χ1v) is 8.60. The molecule has 3 fully saturated rings. The molecule has 18 heavy (non-hydrogen) atoms. The summed E-state index contributed by atoms with van der Waals surface area (Å²) in [5, 5.41) is 3.93. The average molecular weight is 249 g/mol. The van der Waals surface area contributed by atoms with Crippen LogP contribution in [0.15, 0.2) is 0 Å². The molecule has 0 spiro atoms. The van der Waals surface area contributed by atoms with E-state index in [-0.39, 0.29) is 0 Å². The van der Waals surface area contributed by atoms with Gasteiger partial charge in [-0.3, -0.25) is 0 Å². The molecule has 0 saturated heterocycles. The van der Waals surface area contributed by atoms with Crippen LogP contribution in [-0.4, -0.2) is 12.6 Å². The highest BCUT2D eigenvalue weighted by atomic mass is 14.9. The summed E-state index contributed by atoms with van der Waals surface area (Å²) in [7, 11) is 0. The highest BCUT2D eigenvalue weighted by Gasteiger charge is 2.41. The van der Waals surface area contributed by atoms with Crippen molar-refractivity contribution in [3.63, 3.8) is 0 Å². The van der Waals surface area contributed by atoms with Crippen LogP contribution in [0.4, 0.5) is 0 Å². The van der Waals surface area contributed by atoms with Crippen molar-refractivity contribution in [3.8, 4) is 0 Å². The molecule has 3 aliphatic rings. The van der Waals surface area contributed by atoms with E-state index in [2.05, 4.69) is 12.2 Å². The van der Waals surface area contributed by atoms with Gasteiger partial charge in [0.15, 0.2) is 0 Å². The zero-order chi connectivity index (χ0) is 12.4. The lowest BCUT2D eigenvalue weighted by Crippen LogP contribution is -2.37. The van der Waals surface area contributed by atoms with Crippen LogP contribution >= 0.6 is 0 Å². The molecule has 0 aromatic rings. The average Bonchev–Trinajstić information content (AvgIpc) is 3.26. The summed E-state index contributed by atoms with van der Waals surface area (Å²) in [6, 6.07) is 0.859. The number of nitrogens with one attached hydrogen (secondary N) is 1. The second-order valence-electron chi connectivity index (χ2n) is 7.25. The molecular formula is C17H31N. The largest absolute Gasteiger partial charge is 0.314 e. The fourth-order valence-electron chi connectivity index (χ4n) is 4.13. The van der Waals surface area contributed by atoms with Gasteiger partial charge in [-0.1, -0.05) is 19.8 Å². The first-order chi connectivity index (χ1) is 8.86. The molecule has 0 atom stereocenters. The molecule has 0 amide bonds. The maximum Gasteiger partial charge on any atom is 0.00673 e. The Morgan fingerprint density at radius 2 is 1.50 bits per heavy atom. The smallest absolute Gasteiger partial charge is 0.00673 e. The minimum atomic E-state index is 0.859. The standard InChI is InChI=1S/C17H31N/c1-2-3-13-4-10-16(11-5-13)18-12-17(14-6-7-14)15-8-9-15/h13-18H,2-12H2,1H3. The molecule has 1 heteroatoms. The van der Waals surface area contributed by atoms with Crippen LogP contribution in [0.1, 0.15) is 71.1 Å². The SMILES string of the molecule is CCCC1CCC(NCC(C2CC2)C2CC2)CC1. The van der Waals surface area contributed by atoms with E-state index in [9.17, 15) is 0 Å². The highest BCUT2D eigenvalue weighted by Crippen LogP contribution is 2.48. The van der Waals surface area contributed by atoms with E-state index >= 15 is 0 Å². The minimum absolute atomic E-state index is 0.859. The van der Waals surface area contributed by atoms with E-state index in [0.29, 0.717) is 0 Å². The third kappa shape index (κ3) is 3.50. The van der Waals surface area contributed by atoms with Crippen LogP contribution in [0.5, 0.6) is 0 Å². The number of hydrogen-bond acceptors (Lipinski definition) is 1. The molecule has 3 rings (SSSR count). The summed E-state index contributed by atoms with van der Waals surface area (Å²) < 4.78 is 0. The van der Waals surface area contributed by atoms with Gasteiger partial charge in [0.05, 0.1) is 0 Å². The Morgan fingerprint density at radius 1 is 0.889 bits per heavy atom. The van der Waals surface area contributed by atoms with Gasteiger partial charge in [-0.15, -0.1) is 0 Å². The van der Waals surface area contributed by atoms with Gasteiger partial charge < -0.3 is 5.32 Å².